The van der Waals surface area contributed by atoms with Crippen molar-refractivity contribution in [3.63, 3.8) is 0 Å². The fraction of sp³-hybridized carbons (Fsp3) is 0.562. The monoisotopic (exact) mass is 319 g/mol. The molecule has 100 valence electrons. The number of ether oxygens (including phenoxy) is 1. The Morgan fingerprint density at radius 2 is 2.05 bits per heavy atom. The lowest BCUT2D eigenvalue weighted by atomic mass is 9.71. The van der Waals surface area contributed by atoms with Crippen LogP contribution in [0.3, 0.4) is 0 Å². The van der Waals surface area contributed by atoms with Gasteiger partial charge in [-0.3, -0.25) is 0 Å². The van der Waals surface area contributed by atoms with Crippen molar-refractivity contribution in [3.05, 3.63) is 27.7 Å². The van der Waals surface area contributed by atoms with Crippen molar-refractivity contribution in [3.8, 4) is 11.8 Å². The molecule has 0 unspecified atom stereocenters. The van der Waals surface area contributed by atoms with Crippen LogP contribution in [0.15, 0.2) is 16.6 Å². The zero-order valence-corrected chi connectivity index (χ0v) is 12.6. The van der Waals surface area contributed by atoms with Gasteiger partial charge in [0.15, 0.2) is 0 Å². The van der Waals surface area contributed by atoms with Crippen LogP contribution in [0.2, 0.25) is 0 Å². The summed E-state index contributed by atoms with van der Waals surface area (Å²) in [5.41, 5.74) is 2.33. The van der Waals surface area contributed by atoms with Gasteiger partial charge in [-0.05, 0) is 42.5 Å². The largest absolute Gasteiger partial charge is 0.493 e. The zero-order valence-electron chi connectivity index (χ0n) is 11.0. The fourth-order valence-electron chi connectivity index (χ4n) is 3.40. The predicted molar refractivity (Wildman–Crippen MR) is 78.2 cm³/mol. The number of benzene rings is 1. The van der Waals surface area contributed by atoms with Gasteiger partial charge in [-0.15, -0.1) is 0 Å². The SMILES string of the molecule is N#CC1(Cc2cc(Br)cc3c2OCC3)CCCCC1. The molecule has 0 N–H and O–H groups in total. The van der Waals surface area contributed by atoms with E-state index in [4.69, 9.17) is 4.74 Å². The van der Waals surface area contributed by atoms with Crippen LogP contribution in [0.25, 0.3) is 0 Å². The van der Waals surface area contributed by atoms with Crippen LogP contribution in [-0.4, -0.2) is 6.61 Å². The maximum atomic E-state index is 9.62. The summed E-state index contributed by atoms with van der Waals surface area (Å²) in [6.07, 6.45) is 7.54. The molecule has 2 nitrogen and oxygen atoms in total. The summed E-state index contributed by atoms with van der Waals surface area (Å²) in [7, 11) is 0. The minimum atomic E-state index is -0.168. The van der Waals surface area contributed by atoms with Crippen LogP contribution in [0.5, 0.6) is 5.75 Å². The summed E-state index contributed by atoms with van der Waals surface area (Å²) in [6, 6.07) is 6.89. The standard InChI is InChI=1S/C16H18BrNO/c17-14-8-12-4-7-19-15(12)13(9-14)10-16(11-18)5-2-1-3-6-16/h8-9H,1-7,10H2. The topological polar surface area (TPSA) is 33.0 Å². The Kier molecular flexibility index (Phi) is 3.54. The van der Waals surface area contributed by atoms with E-state index in [1.807, 2.05) is 0 Å². The second-order valence-electron chi connectivity index (χ2n) is 5.78. The van der Waals surface area contributed by atoms with E-state index in [1.54, 1.807) is 0 Å². The Morgan fingerprint density at radius 1 is 1.26 bits per heavy atom. The van der Waals surface area contributed by atoms with Gasteiger partial charge >= 0.3 is 0 Å². The molecule has 19 heavy (non-hydrogen) atoms. The molecular weight excluding hydrogens is 302 g/mol. The van der Waals surface area contributed by atoms with E-state index in [0.29, 0.717) is 0 Å². The number of hydrogen-bond acceptors (Lipinski definition) is 2. The first kappa shape index (κ1) is 13.0. The number of hydrogen-bond donors (Lipinski definition) is 0. The molecule has 3 heteroatoms. The first-order valence-electron chi connectivity index (χ1n) is 7.08. The van der Waals surface area contributed by atoms with E-state index in [-0.39, 0.29) is 5.41 Å². The van der Waals surface area contributed by atoms with Gasteiger partial charge in [0.25, 0.3) is 0 Å². The molecule has 0 bridgehead atoms. The molecule has 0 spiro atoms. The molecule has 1 fully saturated rings. The van der Waals surface area contributed by atoms with Crippen LogP contribution in [0, 0.1) is 16.7 Å². The quantitative estimate of drug-likeness (QED) is 0.809. The van der Waals surface area contributed by atoms with Crippen molar-refractivity contribution in [2.75, 3.05) is 6.61 Å². The molecule has 1 aliphatic carbocycles. The molecule has 2 aliphatic rings. The first-order chi connectivity index (χ1) is 9.22. The van der Waals surface area contributed by atoms with Gasteiger partial charge in [0.05, 0.1) is 18.1 Å². The van der Waals surface area contributed by atoms with Crippen LogP contribution in [0.4, 0.5) is 0 Å². The number of nitrogens with zero attached hydrogens (tertiary/aromatic N) is 1. The third kappa shape index (κ3) is 2.51. The number of nitriles is 1. The molecule has 1 aliphatic heterocycles. The minimum absolute atomic E-state index is 0.168. The normalized spacial score (nSPS) is 20.4. The Morgan fingerprint density at radius 3 is 2.79 bits per heavy atom. The van der Waals surface area contributed by atoms with Gasteiger partial charge < -0.3 is 4.74 Å². The molecule has 3 rings (SSSR count). The molecular formula is C16H18BrNO. The highest BCUT2D eigenvalue weighted by atomic mass is 79.9. The molecule has 0 aromatic heterocycles. The summed E-state index contributed by atoms with van der Waals surface area (Å²) in [5, 5.41) is 9.62. The molecule has 1 heterocycles. The van der Waals surface area contributed by atoms with E-state index in [2.05, 4.69) is 34.1 Å². The van der Waals surface area contributed by atoms with Crippen molar-refractivity contribution in [2.24, 2.45) is 5.41 Å². The molecule has 0 saturated heterocycles. The third-order valence-electron chi connectivity index (χ3n) is 4.40. The molecule has 0 atom stereocenters. The zero-order chi connectivity index (χ0) is 13.3. The Hall–Kier alpha value is -1.01. The summed E-state index contributed by atoms with van der Waals surface area (Å²) in [6.45, 7) is 0.776. The lowest BCUT2D eigenvalue weighted by Crippen LogP contribution is -2.25. The van der Waals surface area contributed by atoms with Crippen molar-refractivity contribution in [2.45, 2.75) is 44.9 Å². The number of fused-ring (bicyclic) bond motifs is 1. The Labute approximate surface area is 122 Å². The van der Waals surface area contributed by atoms with Gasteiger partial charge in [-0.25, -0.2) is 0 Å². The molecule has 1 saturated carbocycles. The molecule has 0 radical (unpaired) electrons. The molecule has 0 amide bonds. The van der Waals surface area contributed by atoms with Gasteiger partial charge in [-0.2, -0.15) is 5.26 Å². The minimum Gasteiger partial charge on any atom is -0.493 e. The van der Waals surface area contributed by atoms with E-state index >= 15 is 0 Å². The third-order valence-corrected chi connectivity index (χ3v) is 4.86. The Balaban J connectivity index is 1.93. The maximum Gasteiger partial charge on any atom is 0.125 e. The lowest BCUT2D eigenvalue weighted by molar-refractivity contribution is 0.261. The van der Waals surface area contributed by atoms with Gasteiger partial charge in [0.1, 0.15) is 5.75 Å². The first-order valence-corrected chi connectivity index (χ1v) is 7.87. The van der Waals surface area contributed by atoms with Crippen molar-refractivity contribution in [1.82, 2.24) is 0 Å². The summed E-state index contributed by atoms with van der Waals surface area (Å²) >= 11 is 3.58. The smallest absolute Gasteiger partial charge is 0.125 e. The highest BCUT2D eigenvalue weighted by molar-refractivity contribution is 9.10. The highest BCUT2D eigenvalue weighted by Crippen LogP contribution is 2.42. The van der Waals surface area contributed by atoms with Gasteiger partial charge in [-0.1, -0.05) is 35.2 Å². The molecule has 1 aromatic rings. The van der Waals surface area contributed by atoms with Crippen molar-refractivity contribution >= 4 is 15.9 Å². The van der Waals surface area contributed by atoms with Crippen molar-refractivity contribution in [1.29, 1.82) is 5.26 Å². The van der Waals surface area contributed by atoms with E-state index in [9.17, 15) is 5.26 Å². The maximum absolute atomic E-state index is 9.62. The van der Waals surface area contributed by atoms with Crippen LogP contribution in [-0.2, 0) is 12.8 Å². The highest BCUT2D eigenvalue weighted by Gasteiger charge is 2.34. The summed E-state index contributed by atoms with van der Waals surface area (Å²) in [4.78, 5) is 0. The van der Waals surface area contributed by atoms with E-state index < -0.39 is 0 Å². The van der Waals surface area contributed by atoms with Gasteiger partial charge in [0.2, 0.25) is 0 Å². The number of halogens is 1. The van der Waals surface area contributed by atoms with Crippen LogP contribution < -0.4 is 4.74 Å². The Bertz CT molecular complexity index is 526. The second kappa shape index (κ2) is 5.17. The molecule has 1 aromatic carbocycles. The average molecular weight is 320 g/mol. The van der Waals surface area contributed by atoms with Crippen LogP contribution in [0.1, 0.15) is 43.2 Å². The summed E-state index contributed by atoms with van der Waals surface area (Å²) in [5.74, 6) is 1.04. The fourth-order valence-corrected chi connectivity index (χ4v) is 3.95. The van der Waals surface area contributed by atoms with E-state index in [0.717, 1.165) is 42.5 Å². The number of rotatable bonds is 2. The van der Waals surface area contributed by atoms with Crippen molar-refractivity contribution < 1.29 is 4.74 Å². The predicted octanol–water partition coefficient (Wildman–Crippen LogP) is 4.40. The van der Waals surface area contributed by atoms with E-state index in [1.165, 1.54) is 30.4 Å². The summed E-state index contributed by atoms with van der Waals surface area (Å²) < 4.78 is 6.89. The average Bonchev–Trinajstić information content (AvgIpc) is 2.88. The van der Waals surface area contributed by atoms with Crippen LogP contribution >= 0.6 is 15.9 Å². The van der Waals surface area contributed by atoms with Gasteiger partial charge in [0, 0.05) is 10.9 Å². The lowest BCUT2D eigenvalue weighted by Gasteiger charge is -2.31. The second-order valence-corrected chi connectivity index (χ2v) is 6.70.